The second-order valence-electron chi connectivity index (χ2n) is 4.35. The number of hydrogen-bond acceptors (Lipinski definition) is 6. The predicted octanol–water partition coefficient (Wildman–Crippen LogP) is -1.80. The zero-order valence-corrected chi connectivity index (χ0v) is 12.6. The van der Waals surface area contributed by atoms with Crippen LogP contribution in [0.2, 0.25) is 0 Å². The number of rotatable bonds is 8. The Kier molecular flexibility index (Phi) is 5.99. The van der Waals surface area contributed by atoms with Gasteiger partial charge in [0, 0.05) is 10.2 Å². The molecule has 19 heavy (non-hydrogen) atoms. The molecular formula is C12H16BrO6-3. The highest BCUT2D eigenvalue weighted by Crippen LogP contribution is 2.51. The van der Waals surface area contributed by atoms with Crippen LogP contribution >= 0.6 is 15.9 Å². The number of carbonyl (C=O) groups is 3. The lowest BCUT2D eigenvalue weighted by molar-refractivity contribution is -0.370. The highest BCUT2D eigenvalue weighted by molar-refractivity contribution is 9.09. The quantitative estimate of drug-likeness (QED) is 0.381. The Bertz CT molecular complexity index is 338. The van der Waals surface area contributed by atoms with Crippen LogP contribution in [0.25, 0.3) is 0 Å². The summed E-state index contributed by atoms with van der Waals surface area (Å²) in [5.41, 5.74) is -4.79. The molecule has 0 aliphatic heterocycles. The standard InChI is InChI=1S/C12H19BrO6/c1-4-7(13)11(5-2,6-3)12(8(14)15,9(16)17)10(18)19/h7H,4-6H2,1-3H3,(H,14,15)(H,16,17)(H,18,19)/p-3. The molecule has 0 rings (SSSR count). The molecular weight excluding hydrogens is 320 g/mol. The number of carboxylic acid groups (broad SMARTS) is 3. The van der Waals surface area contributed by atoms with E-state index in [4.69, 9.17) is 0 Å². The maximum absolute atomic E-state index is 11.3. The van der Waals surface area contributed by atoms with Gasteiger partial charge in [-0.3, -0.25) is 0 Å². The van der Waals surface area contributed by atoms with Crippen molar-refractivity contribution in [3.05, 3.63) is 0 Å². The van der Waals surface area contributed by atoms with Crippen LogP contribution in [0.5, 0.6) is 0 Å². The van der Waals surface area contributed by atoms with Crippen molar-refractivity contribution in [3.8, 4) is 0 Å². The van der Waals surface area contributed by atoms with E-state index >= 15 is 0 Å². The molecule has 0 saturated carbocycles. The van der Waals surface area contributed by atoms with Crippen LogP contribution in [-0.4, -0.2) is 22.7 Å². The smallest absolute Gasteiger partial charge is 0.0953 e. The number of carbonyl (C=O) groups excluding carboxylic acids is 3. The Morgan fingerprint density at radius 1 is 0.947 bits per heavy atom. The first-order valence-corrected chi connectivity index (χ1v) is 6.88. The summed E-state index contributed by atoms with van der Waals surface area (Å²) in [6.07, 6.45) is 0.351. The van der Waals surface area contributed by atoms with Crippen LogP contribution in [0, 0.1) is 10.8 Å². The summed E-state index contributed by atoms with van der Waals surface area (Å²) in [5, 5.41) is 33.9. The molecule has 0 radical (unpaired) electrons. The Morgan fingerprint density at radius 3 is 1.42 bits per heavy atom. The Labute approximate surface area is 119 Å². The first kappa shape index (κ1) is 17.9. The highest BCUT2D eigenvalue weighted by Gasteiger charge is 2.56. The molecule has 0 heterocycles. The van der Waals surface area contributed by atoms with Crippen LogP contribution in [-0.2, 0) is 14.4 Å². The van der Waals surface area contributed by atoms with Gasteiger partial charge < -0.3 is 29.7 Å². The van der Waals surface area contributed by atoms with Gasteiger partial charge in [-0.15, -0.1) is 0 Å². The van der Waals surface area contributed by atoms with Gasteiger partial charge in [0.1, 0.15) is 0 Å². The van der Waals surface area contributed by atoms with E-state index in [2.05, 4.69) is 15.9 Å². The fraction of sp³-hybridized carbons (Fsp3) is 0.750. The van der Waals surface area contributed by atoms with Gasteiger partial charge in [-0.2, -0.15) is 0 Å². The molecule has 6 nitrogen and oxygen atoms in total. The van der Waals surface area contributed by atoms with Crippen LogP contribution in [0.1, 0.15) is 40.0 Å². The minimum Gasteiger partial charge on any atom is -0.549 e. The molecule has 0 N–H and O–H groups in total. The van der Waals surface area contributed by atoms with E-state index in [1.165, 1.54) is 13.8 Å². The topological polar surface area (TPSA) is 120 Å². The van der Waals surface area contributed by atoms with Gasteiger partial charge in [0.25, 0.3) is 0 Å². The molecule has 0 aliphatic rings. The molecule has 7 heteroatoms. The molecule has 0 aliphatic carbocycles. The van der Waals surface area contributed by atoms with Crippen molar-refractivity contribution < 1.29 is 29.7 Å². The third kappa shape index (κ3) is 2.35. The number of alkyl halides is 1. The van der Waals surface area contributed by atoms with Gasteiger partial charge >= 0.3 is 0 Å². The summed E-state index contributed by atoms with van der Waals surface area (Å²) in [6.45, 7) is 4.73. The van der Waals surface area contributed by atoms with E-state index in [0.717, 1.165) is 0 Å². The fourth-order valence-corrected chi connectivity index (χ4v) is 3.70. The number of hydrogen-bond donors (Lipinski definition) is 0. The summed E-state index contributed by atoms with van der Waals surface area (Å²) < 4.78 is 0. The van der Waals surface area contributed by atoms with E-state index in [1.54, 1.807) is 6.92 Å². The maximum atomic E-state index is 11.3. The van der Waals surface area contributed by atoms with Crippen molar-refractivity contribution in [2.24, 2.45) is 10.8 Å². The van der Waals surface area contributed by atoms with Gasteiger partial charge in [0.2, 0.25) is 0 Å². The largest absolute Gasteiger partial charge is 0.549 e. The van der Waals surface area contributed by atoms with Gasteiger partial charge in [-0.25, -0.2) is 0 Å². The Balaban J connectivity index is 6.43. The van der Waals surface area contributed by atoms with Crippen molar-refractivity contribution in [1.29, 1.82) is 0 Å². The van der Waals surface area contributed by atoms with Gasteiger partial charge in [-0.1, -0.05) is 36.7 Å². The molecule has 0 bridgehead atoms. The van der Waals surface area contributed by atoms with Gasteiger partial charge in [0.05, 0.1) is 23.3 Å². The van der Waals surface area contributed by atoms with E-state index in [1.807, 2.05) is 0 Å². The van der Waals surface area contributed by atoms with Crippen LogP contribution in [0.4, 0.5) is 0 Å². The molecule has 1 unspecified atom stereocenters. The van der Waals surface area contributed by atoms with Gasteiger partial charge in [-0.05, 0) is 19.3 Å². The lowest BCUT2D eigenvalue weighted by Crippen LogP contribution is -2.71. The van der Waals surface area contributed by atoms with E-state index < -0.39 is 33.6 Å². The molecule has 110 valence electrons. The normalized spacial score (nSPS) is 13.9. The maximum Gasteiger partial charge on any atom is 0.0953 e. The zero-order valence-electron chi connectivity index (χ0n) is 11.0. The third-order valence-corrected chi connectivity index (χ3v) is 5.41. The predicted molar refractivity (Wildman–Crippen MR) is 63.5 cm³/mol. The van der Waals surface area contributed by atoms with Crippen molar-refractivity contribution in [3.63, 3.8) is 0 Å². The molecule has 0 saturated heterocycles. The minimum absolute atomic E-state index is 0.00317. The van der Waals surface area contributed by atoms with E-state index in [9.17, 15) is 29.7 Å². The van der Waals surface area contributed by atoms with Crippen LogP contribution in [0.3, 0.4) is 0 Å². The summed E-state index contributed by atoms with van der Waals surface area (Å²) >= 11 is 3.19. The summed E-state index contributed by atoms with van der Waals surface area (Å²) in [4.78, 5) is 33.3. The number of halogens is 1. The summed E-state index contributed by atoms with van der Waals surface area (Å²) in [6, 6.07) is 0. The first-order chi connectivity index (χ1) is 8.68. The molecule has 0 aromatic heterocycles. The van der Waals surface area contributed by atoms with Crippen LogP contribution in [0.15, 0.2) is 0 Å². The van der Waals surface area contributed by atoms with Crippen molar-refractivity contribution in [1.82, 2.24) is 0 Å². The molecule has 0 fully saturated rings. The first-order valence-electron chi connectivity index (χ1n) is 5.97. The molecule has 0 aromatic rings. The second-order valence-corrected chi connectivity index (χ2v) is 5.46. The monoisotopic (exact) mass is 335 g/mol. The third-order valence-electron chi connectivity index (χ3n) is 3.89. The van der Waals surface area contributed by atoms with Crippen LogP contribution < -0.4 is 15.3 Å². The SMILES string of the molecule is CCC(Br)C(CC)(CC)C(C(=O)[O-])(C(=O)[O-])C(=O)[O-]. The van der Waals surface area contributed by atoms with Crippen molar-refractivity contribution in [2.75, 3.05) is 0 Å². The number of aliphatic carboxylic acids is 3. The molecule has 0 amide bonds. The average molecular weight is 336 g/mol. The molecule has 0 aromatic carbocycles. The van der Waals surface area contributed by atoms with Crippen molar-refractivity contribution in [2.45, 2.75) is 44.9 Å². The molecule has 1 atom stereocenters. The minimum atomic E-state index is -3.19. The second kappa shape index (κ2) is 6.36. The number of carboxylic acids is 3. The van der Waals surface area contributed by atoms with E-state index in [-0.39, 0.29) is 12.8 Å². The lowest BCUT2D eigenvalue weighted by atomic mass is 9.58. The lowest BCUT2D eigenvalue weighted by Gasteiger charge is -2.54. The van der Waals surface area contributed by atoms with Crippen molar-refractivity contribution >= 4 is 33.8 Å². The highest BCUT2D eigenvalue weighted by atomic mass is 79.9. The van der Waals surface area contributed by atoms with Gasteiger partial charge in [0.15, 0.2) is 0 Å². The summed E-state index contributed by atoms with van der Waals surface area (Å²) in [5.74, 6) is -6.64. The van der Waals surface area contributed by atoms with E-state index in [0.29, 0.717) is 6.42 Å². The Hall–Kier alpha value is -1.11. The summed E-state index contributed by atoms with van der Waals surface area (Å²) in [7, 11) is 0. The average Bonchev–Trinajstić information content (AvgIpc) is 2.33. The fourth-order valence-electron chi connectivity index (χ4n) is 2.71. The molecule has 0 spiro atoms. The zero-order chi connectivity index (χ0) is 15.4. The Morgan fingerprint density at radius 2 is 1.26 bits per heavy atom.